The first-order chi connectivity index (χ1) is 10.2. The Labute approximate surface area is 134 Å². The summed E-state index contributed by atoms with van der Waals surface area (Å²) in [5.41, 5.74) is 0.757. The maximum absolute atomic E-state index is 12.2. The van der Waals surface area contributed by atoms with Crippen LogP contribution in [0.4, 0.5) is 5.69 Å². The van der Waals surface area contributed by atoms with Crippen molar-refractivity contribution in [2.24, 2.45) is 5.92 Å². The van der Waals surface area contributed by atoms with E-state index in [1.165, 1.54) is 12.8 Å². The summed E-state index contributed by atoms with van der Waals surface area (Å²) in [4.78, 5) is 14.6. The quantitative estimate of drug-likeness (QED) is 0.738. The largest absolute Gasteiger partial charge is 0.381 e. The zero-order valence-corrected chi connectivity index (χ0v) is 14.5. The minimum Gasteiger partial charge on any atom is -0.381 e. The van der Waals surface area contributed by atoms with Crippen molar-refractivity contribution in [2.75, 3.05) is 31.5 Å². The Morgan fingerprint density at radius 1 is 1.43 bits per heavy atom. The number of halogens is 1. The summed E-state index contributed by atoms with van der Waals surface area (Å²) < 4.78 is 2.17. The highest BCUT2D eigenvalue weighted by Crippen LogP contribution is 2.30. The number of hydrogen-bond donors (Lipinski definition) is 1. The van der Waals surface area contributed by atoms with E-state index < -0.39 is 0 Å². The molecule has 1 aliphatic carbocycles. The van der Waals surface area contributed by atoms with Crippen LogP contribution in [0.1, 0.15) is 33.1 Å². The molecule has 0 unspecified atom stereocenters. The van der Waals surface area contributed by atoms with E-state index in [0.29, 0.717) is 10.4 Å². The average Bonchev–Trinajstić information content (AvgIpc) is 3.29. The third-order valence-corrected chi connectivity index (χ3v) is 4.61. The minimum atomic E-state index is -0.0344. The highest BCUT2D eigenvalue weighted by Gasteiger charge is 2.23. The first-order valence-electron chi connectivity index (χ1n) is 7.87. The van der Waals surface area contributed by atoms with Gasteiger partial charge in [0.2, 0.25) is 0 Å². The highest BCUT2D eigenvalue weighted by atomic mass is 79.9. The predicted octanol–water partition coefficient (Wildman–Crippen LogP) is 2.56. The zero-order valence-electron chi connectivity index (χ0n) is 12.9. The summed E-state index contributed by atoms with van der Waals surface area (Å²) in [6.07, 6.45) is 5.35. The van der Waals surface area contributed by atoms with Gasteiger partial charge >= 0.3 is 0 Å². The number of anilines is 1. The molecule has 5 nitrogen and oxygen atoms in total. The molecule has 1 saturated carbocycles. The molecule has 0 amide bonds. The molecule has 1 N–H and O–H groups in total. The molecular formula is C15H25BrN4O. The molecule has 1 heterocycles. The molecule has 0 saturated heterocycles. The topological polar surface area (TPSA) is 50.2 Å². The van der Waals surface area contributed by atoms with E-state index in [2.05, 4.69) is 45.1 Å². The van der Waals surface area contributed by atoms with Gasteiger partial charge in [-0.3, -0.25) is 4.79 Å². The summed E-state index contributed by atoms with van der Waals surface area (Å²) in [6.45, 7) is 9.07. The molecule has 0 bridgehead atoms. The van der Waals surface area contributed by atoms with Crippen LogP contribution in [0, 0.1) is 5.92 Å². The Morgan fingerprint density at radius 2 is 2.19 bits per heavy atom. The van der Waals surface area contributed by atoms with Crippen molar-refractivity contribution in [3.63, 3.8) is 0 Å². The van der Waals surface area contributed by atoms with E-state index in [0.717, 1.165) is 44.8 Å². The molecule has 1 aromatic heterocycles. The minimum absolute atomic E-state index is 0.0344. The Bertz CT molecular complexity index is 513. The van der Waals surface area contributed by atoms with Gasteiger partial charge in [-0.1, -0.05) is 13.8 Å². The molecule has 2 rings (SSSR count). The number of likely N-dealkylation sites (N-methyl/N-ethyl adjacent to an activating group) is 1. The van der Waals surface area contributed by atoms with Gasteiger partial charge in [-0.15, -0.1) is 0 Å². The van der Waals surface area contributed by atoms with Gasteiger partial charge in [0.05, 0.1) is 11.9 Å². The van der Waals surface area contributed by atoms with Crippen molar-refractivity contribution < 1.29 is 0 Å². The van der Waals surface area contributed by atoms with Crippen LogP contribution in [0.15, 0.2) is 15.5 Å². The van der Waals surface area contributed by atoms with Gasteiger partial charge in [0.25, 0.3) is 5.56 Å². The number of hydrogen-bond acceptors (Lipinski definition) is 4. The highest BCUT2D eigenvalue weighted by molar-refractivity contribution is 9.10. The summed E-state index contributed by atoms with van der Waals surface area (Å²) in [6, 6.07) is 0. The van der Waals surface area contributed by atoms with Crippen molar-refractivity contribution in [1.29, 1.82) is 0 Å². The van der Waals surface area contributed by atoms with Crippen LogP contribution < -0.4 is 10.9 Å². The number of aromatic nitrogens is 2. The fraction of sp³-hybridized carbons (Fsp3) is 0.733. The van der Waals surface area contributed by atoms with Crippen LogP contribution in [-0.2, 0) is 6.54 Å². The fourth-order valence-corrected chi connectivity index (χ4v) is 2.80. The molecule has 0 atom stereocenters. The molecule has 0 radical (unpaired) electrons. The van der Waals surface area contributed by atoms with E-state index >= 15 is 0 Å². The van der Waals surface area contributed by atoms with Gasteiger partial charge < -0.3 is 10.2 Å². The van der Waals surface area contributed by atoms with Crippen LogP contribution in [0.3, 0.4) is 0 Å². The molecule has 0 aliphatic heterocycles. The first kappa shape index (κ1) is 16.5. The average molecular weight is 357 g/mol. The molecule has 0 aromatic carbocycles. The third-order valence-electron chi connectivity index (χ3n) is 3.84. The van der Waals surface area contributed by atoms with Crippen molar-refractivity contribution in [3.8, 4) is 0 Å². The van der Waals surface area contributed by atoms with Gasteiger partial charge in [-0.2, -0.15) is 5.10 Å². The molecule has 1 aliphatic rings. The van der Waals surface area contributed by atoms with E-state index in [1.54, 1.807) is 10.9 Å². The lowest BCUT2D eigenvalue weighted by Crippen LogP contribution is -2.30. The van der Waals surface area contributed by atoms with Gasteiger partial charge in [0.15, 0.2) is 0 Å². The van der Waals surface area contributed by atoms with Crippen LogP contribution in [0.2, 0.25) is 0 Å². The number of rotatable bonds is 9. The molecule has 0 spiro atoms. The van der Waals surface area contributed by atoms with E-state index in [4.69, 9.17) is 0 Å². The summed E-state index contributed by atoms with van der Waals surface area (Å²) in [5.74, 6) is 0.646. The van der Waals surface area contributed by atoms with Crippen molar-refractivity contribution in [3.05, 3.63) is 21.0 Å². The maximum atomic E-state index is 12.2. The van der Waals surface area contributed by atoms with E-state index in [-0.39, 0.29) is 5.56 Å². The first-order valence-corrected chi connectivity index (χ1v) is 8.66. The molecule has 1 fully saturated rings. The smallest absolute Gasteiger partial charge is 0.283 e. The van der Waals surface area contributed by atoms with Crippen LogP contribution >= 0.6 is 15.9 Å². The van der Waals surface area contributed by atoms with Gasteiger partial charge in [-0.25, -0.2) is 4.68 Å². The van der Waals surface area contributed by atoms with Gasteiger partial charge in [0, 0.05) is 19.6 Å². The molecule has 6 heteroatoms. The van der Waals surface area contributed by atoms with E-state index in [1.807, 2.05) is 0 Å². The maximum Gasteiger partial charge on any atom is 0.283 e. The summed E-state index contributed by atoms with van der Waals surface area (Å²) in [7, 11) is 0. The monoisotopic (exact) mass is 356 g/mol. The SMILES string of the molecule is CCCN(CC)CCNc1cnn(CC2CC2)c(=O)c1Br. The molecule has 1 aromatic rings. The lowest BCUT2D eigenvalue weighted by molar-refractivity contribution is 0.300. The second-order valence-electron chi connectivity index (χ2n) is 5.66. The normalized spacial score (nSPS) is 14.7. The van der Waals surface area contributed by atoms with Crippen LogP contribution in [0.5, 0.6) is 0 Å². The van der Waals surface area contributed by atoms with Gasteiger partial charge in [-0.05, 0) is 54.2 Å². The predicted molar refractivity (Wildman–Crippen MR) is 89.8 cm³/mol. The second-order valence-corrected chi connectivity index (χ2v) is 6.46. The Kier molecular flexibility index (Phi) is 6.23. The van der Waals surface area contributed by atoms with Crippen LogP contribution in [0.25, 0.3) is 0 Å². The lowest BCUT2D eigenvalue weighted by Gasteiger charge is -2.20. The summed E-state index contributed by atoms with van der Waals surface area (Å²) in [5, 5.41) is 7.58. The lowest BCUT2D eigenvalue weighted by atomic mass is 10.3. The number of nitrogens with one attached hydrogen (secondary N) is 1. The standard InChI is InChI=1S/C15H25BrN4O/c1-3-8-19(4-2)9-7-17-13-10-18-20(11-12-5-6-12)15(21)14(13)16/h10,12,17H,3-9,11H2,1-2H3. The van der Waals surface area contributed by atoms with E-state index in [9.17, 15) is 4.79 Å². The molecule has 21 heavy (non-hydrogen) atoms. The third kappa shape index (κ3) is 4.81. The fourth-order valence-electron chi connectivity index (χ4n) is 2.36. The van der Waals surface area contributed by atoms with Crippen molar-refractivity contribution in [2.45, 2.75) is 39.7 Å². The number of nitrogens with zero attached hydrogens (tertiary/aromatic N) is 3. The second kappa shape index (κ2) is 7.94. The Hall–Kier alpha value is -0.880. The Morgan fingerprint density at radius 3 is 2.81 bits per heavy atom. The van der Waals surface area contributed by atoms with Crippen LogP contribution in [-0.4, -0.2) is 40.9 Å². The summed E-state index contributed by atoms with van der Waals surface area (Å²) >= 11 is 3.41. The van der Waals surface area contributed by atoms with Crippen molar-refractivity contribution >= 4 is 21.6 Å². The zero-order chi connectivity index (χ0) is 15.2. The van der Waals surface area contributed by atoms with Gasteiger partial charge in [0.1, 0.15) is 4.47 Å². The molecule has 118 valence electrons. The molecular weight excluding hydrogens is 332 g/mol. The van der Waals surface area contributed by atoms with Crippen molar-refractivity contribution in [1.82, 2.24) is 14.7 Å². The Balaban J connectivity index is 1.91.